The molecule has 1 aliphatic heterocycles. The Labute approximate surface area is 125 Å². The zero-order valence-corrected chi connectivity index (χ0v) is 12.7. The average Bonchev–Trinajstić information content (AvgIpc) is 2.52. The number of rotatable bonds is 5. The van der Waals surface area contributed by atoms with Crippen LogP contribution in [0.4, 0.5) is 0 Å². The maximum Gasteiger partial charge on any atom is 0.260 e. The van der Waals surface area contributed by atoms with Crippen LogP contribution in [0.25, 0.3) is 0 Å². The lowest BCUT2D eigenvalue weighted by atomic mass is 9.99. The number of ether oxygens (including phenoxy) is 1. The van der Waals surface area contributed by atoms with Gasteiger partial charge in [0, 0.05) is 19.1 Å². The molecule has 1 aliphatic rings. The van der Waals surface area contributed by atoms with Crippen molar-refractivity contribution in [2.24, 2.45) is 5.92 Å². The number of carbonyl (C=O) groups is 1. The Morgan fingerprint density at radius 2 is 2.14 bits per heavy atom. The van der Waals surface area contributed by atoms with Gasteiger partial charge in [-0.05, 0) is 18.1 Å². The Morgan fingerprint density at radius 3 is 2.76 bits per heavy atom. The number of aliphatic hydroxyl groups is 1. The lowest BCUT2D eigenvalue weighted by Crippen LogP contribution is -2.61. The van der Waals surface area contributed by atoms with E-state index in [2.05, 4.69) is 19.2 Å². The summed E-state index contributed by atoms with van der Waals surface area (Å²) in [7, 11) is 0. The van der Waals surface area contributed by atoms with Gasteiger partial charge >= 0.3 is 0 Å². The minimum absolute atomic E-state index is 0.00529. The minimum atomic E-state index is -0.174. The SMILES string of the molecule is CC(C)C1CN(C(=O)COc2ccccc2)C(CO)CN1. The summed E-state index contributed by atoms with van der Waals surface area (Å²) in [5, 5.41) is 12.8. The first kappa shape index (κ1) is 15.8. The first-order chi connectivity index (χ1) is 10.1. The molecule has 1 aromatic carbocycles. The standard InChI is InChI=1S/C16H24N2O3/c1-12(2)15-9-18(13(10-19)8-17-15)16(20)11-21-14-6-4-3-5-7-14/h3-7,12-13,15,17,19H,8-11H2,1-2H3. The predicted octanol–water partition coefficient (Wildman–Crippen LogP) is 0.883. The normalized spacial score (nSPS) is 22.4. The number of para-hydroxylation sites is 1. The quantitative estimate of drug-likeness (QED) is 0.846. The Morgan fingerprint density at radius 1 is 1.43 bits per heavy atom. The molecule has 2 rings (SSSR count). The van der Waals surface area contributed by atoms with Crippen molar-refractivity contribution in [1.29, 1.82) is 0 Å². The summed E-state index contributed by atoms with van der Waals surface area (Å²) in [4.78, 5) is 14.1. The summed E-state index contributed by atoms with van der Waals surface area (Å²) in [6.45, 7) is 5.46. The van der Waals surface area contributed by atoms with Gasteiger partial charge in [0.15, 0.2) is 6.61 Å². The molecular formula is C16H24N2O3. The van der Waals surface area contributed by atoms with Crippen LogP contribution in [0.3, 0.4) is 0 Å². The summed E-state index contributed by atoms with van der Waals surface area (Å²) in [5.41, 5.74) is 0. The molecule has 0 saturated carbocycles. The number of aliphatic hydroxyl groups excluding tert-OH is 1. The molecule has 0 aromatic heterocycles. The third-order valence-corrected chi connectivity index (χ3v) is 3.89. The third kappa shape index (κ3) is 4.19. The number of hydrogen-bond donors (Lipinski definition) is 2. The molecular weight excluding hydrogens is 268 g/mol. The summed E-state index contributed by atoms with van der Waals surface area (Å²) in [6.07, 6.45) is 0. The number of piperazine rings is 1. The van der Waals surface area contributed by atoms with Gasteiger partial charge in [0.1, 0.15) is 5.75 Å². The summed E-state index contributed by atoms with van der Waals surface area (Å²) in [6, 6.07) is 9.38. The fourth-order valence-electron chi connectivity index (χ4n) is 2.48. The molecule has 1 aromatic rings. The van der Waals surface area contributed by atoms with Crippen molar-refractivity contribution in [3.8, 4) is 5.75 Å². The van der Waals surface area contributed by atoms with Gasteiger partial charge in [-0.2, -0.15) is 0 Å². The van der Waals surface area contributed by atoms with E-state index in [4.69, 9.17) is 4.74 Å². The third-order valence-electron chi connectivity index (χ3n) is 3.89. The molecule has 2 N–H and O–H groups in total. The van der Waals surface area contributed by atoms with Crippen molar-refractivity contribution in [2.75, 3.05) is 26.3 Å². The van der Waals surface area contributed by atoms with E-state index >= 15 is 0 Å². The molecule has 2 atom stereocenters. The summed E-state index contributed by atoms with van der Waals surface area (Å²) < 4.78 is 5.52. The van der Waals surface area contributed by atoms with Gasteiger partial charge in [0.25, 0.3) is 5.91 Å². The predicted molar refractivity (Wildman–Crippen MR) is 81.2 cm³/mol. The first-order valence-electron chi connectivity index (χ1n) is 7.43. The maximum atomic E-state index is 12.4. The molecule has 21 heavy (non-hydrogen) atoms. The van der Waals surface area contributed by atoms with Gasteiger partial charge in [0.2, 0.25) is 0 Å². The lowest BCUT2D eigenvalue weighted by Gasteiger charge is -2.41. The van der Waals surface area contributed by atoms with E-state index < -0.39 is 0 Å². The molecule has 0 radical (unpaired) electrons. The van der Waals surface area contributed by atoms with E-state index in [0.29, 0.717) is 24.8 Å². The molecule has 0 aliphatic carbocycles. The van der Waals surface area contributed by atoms with Gasteiger partial charge in [-0.15, -0.1) is 0 Å². The van der Waals surface area contributed by atoms with Crippen LogP contribution in [0.15, 0.2) is 30.3 Å². The second-order valence-electron chi connectivity index (χ2n) is 5.74. The van der Waals surface area contributed by atoms with E-state index in [1.165, 1.54) is 0 Å². The second-order valence-corrected chi connectivity index (χ2v) is 5.74. The van der Waals surface area contributed by atoms with Gasteiger partial charge in [-0.3, -0.25) is 4.79 Å². The van der Waals surface area contributed by atoms with Gasteiger partial charge in [-0.1, -0.05) is 32.0 Å². The van der Waals surface area contributed by atoms with Gasteiger partial charge < -0.3 is 20.1 Å². The highest BCUT2D eigenvalue weighted by Crippen LogP contribution is 2.14. The Kier molecular flexibility index (Phi) is 5.59. The highest BCUT2D eigenvalue weighted by Gasteiger charge is 2.32. The smallest absolute Gasteiger partial charge is 0.260 e. The molecule has 1 heterocycles. The average molecular weight is 292 g/mol. The zero-order valence-electron chi connectivity index (χ0n) is 12.7. The maximum absolute atomic E-state index is 12.4. The van der Waals surface area contributed by atoms with Crippen LogP contribution in [-0.2, 0) is 4.79 Å². The molecule has 1 fully saturated rings. The molecule has 1 saturated heterocycles. The van der Waals surface area contributed by atoms with Crippen molar-refractivity contribution in [3.63, 3.8) is 0 Å². The van der Waals surface area contributed by atoms with Crippen molar-refractivity contribution in [2.45, 2.75) is 25.9 Å². The molecule has 0 spiro atoms. The van der Waals surface area contributed by atoms with Crippen molar-refractivity contribution >= 4 is 5.91 Å². The van der Waals surface area contributed by atoms with Gasteiger partial charge in [-0.25, -0.2) is 0 Å². The van der Waals surface area contributed by atoms with Gasteiger partial charge in [0.05, 0.1) is 12.6 Å². The van der Waals surface area contributed by atoms with E-state index in [-0.39, 0.29) is 31.2 Å². The largest absolute Gasteiger partial charge is 0.484 e. The van der Waals surface area contributed by atoms with Crippen LogP contribution in [0.5, 0.6) is 5.75 Å². The molecule has 116 valence electrons. The summed E-state index contributed by atoms with van der Waals surface area (Å²) >= 11 is 0. The van der Waals surface area contributed by atoms with Crippen LogP contribution >= 0.6 is 0 Å². The fraction of sp³-hybridized carbons (Fsp3) is 0.562. The zero-order chi connectivity index (χ0) is 15.2. The number of benzene rings is 1. The molecule has 2 unspecified atom stereocenters. The van der Waals surface area contributed by atoms with Crippen LogP contribution < -0.4 is 10.1 Å². The summed E-state index contributed by atoms with van der Waals surface area (Å²) in [5.74, 6) is 1.04. The Bertz CT molecular complexity index is 450. The Hall–Kier alpha value is -1.59. The Balaban J connectivity index is 1.94. The van der Waals surface area contributed by atoms with E-state index in [0.717, 1.165) is 0 Å². The van der Waals surface area contributed by atoms with Crippen LogP contribution in [0.1, 0.15) is 13.8 Å². The monoisotopic (exact) mass is 292 g/mol. The van der Waals surface area contributed by atoms with Crippen molar-refractivity contribution < 1.29 is 14.6 Å². The molecule has 0 bridgehead atoms. The van der Waals surface area contributed by atoms with Crippen molar-refractivity contribution in [3.05, 3.63) is 30.3 Å². The first-order valence-corrected chi connectivity index (χ1v) is 7.43. The van der Waals surface area contributed by atoms with Crippen LogP contribution in [0, 0.1) is 5.92 Å². The topological polar surface area (TPSA) is 61.8 Å². The second kappa shape index (κ2) is 7.43. The highest BCUT2D eigenvalue weighted by molar-refractivity contribution is 5.78. The highest BCUT2D eigenvalue weighted by atomic mass is 16.5. The molecule has 1 amide bonds. The van der Waals surface area contributed by atoms with E-state index in [1.54, 1.807) is 4.90 Å². The van der Waals surface area contributed by atoms with Crippen LogP contribution in [0.2, 0.25) is 0 Å². The van der Waals surface area contributed by atoms with Crippen molar-refractivity contribution in [1.82, 2.24) is 10.2 Å². The number of hydrogen-bond acceptors (Lipinski definition) is 4. The van der Waals surface area contributed by atoms with E-state index in [9.17, 15) is 9.90 Å². The minimum Gasteiger partial charge on any atom is -0.484 e. The molecule has 5 heteroatoms. The fourth-order valence-corrected chi connectivity index (χ4v) is 2.48. The molecule has 5 nitrogen and oxygen atoms in total. The van der Waals surface area contributed by atoms with Crippen LogP contribution in [-0.4, -0.2) is 54.3 Å². The number of carbonyl (C=O) groups excluding carboxylic acids is 1. The lowest BCUT2D eigenvalue weighted by molar-refractivity contribution is -0.138. The number of nitrogens with one attached hydrogen (secondary N) is 1. The van der Waals surface area contributed by atoms with E-state index in [1.807, 2.05) is 30.3 Å². The number of amides is 1. The number of nitrogens with zero attached hydrogens (tertiary/aromatic N) is 1.